The highest BCUT2D eigenvalue weighted by atomic mass is 31.2. The molecule has 0 aliphatic heterocycles. The summed E-state index contributed by atoms with van der Waals surface area (Å²) >= 11 is 0. The van der Waals surface area contributed by atoms with E-state index in [-0.39, 0.29) is 25.7 Å². The molecule has 0 aliphatic carbocycles. The third kappa shape index (κ3) is 67.9. The lowest BCUT2D eigenvalue weighted by atomic mass is 9.99. The van der Waals surface area contributed by atoms with Crippen molar-refractivity contribution in [3.05, 3.63) is 0 Å². The summed E-state index contributed by atoms with van der Waals surface area (Å²) in [6.07, 6.45) is 51.2. The summed E-state index contributed by atoms with van der Waals surface area (Å²) in [6.45, 7) is 14.2. The van der Waals surface area contributed by atoms with E-state index in [0.29, 0.717) is 25.7 Å². The smallest absolute Gasteiger partial charge is 0.462 e. The molecule has 19 heteroatoms. The van der Waals surface area contributed by atoms with Gasteiger partial charge in [0.25, 0.3) is 0 Å². The Labute approximate surface area is 588 Å². The summed E-state index contributed by atoms with van der Waals surface area (Å²) in [6, 6.07) is 0. The van der Waals surface area contributed by atoms with Crippen LogP contribution >= 0.6 is 15.6 Å². The zero-order chi connectivity index (χ0) is 71.0. The fourth-order valence-corrected chi connectivity index (χ4v) is 13.2. The maximum atomic E-state index is 13.1. The van der Waals surface area contributed by atoms with Crippen molar-refractivity contribution in [1.29, 1.82) is 0 Å². The third-order valence-corrected chi connectivity index (χ3v) is 20.4. The molecule has 0 aromatic carbocycles. The number of aliphatic hydroxyl groups excluding tert-OH is 1. The average Bonchev–Trinajstić information content (AvgIpc) is 1.16. The minimum atomic E-state index is -4.96. The quantitative estimate of drug-likeness (QED) is 0.0222. The predicted octanol–water partition coefficient (Wildman–Crippen LogP) is 22.4. The molecule has 0 radical (unpaired) electrons. The van der Waals surface area contributed by atoms with E-state index in [4.69, 9.17) is 37.0 Å². The first-order chi connectivity index (χ1) is 46.2. The Morgan fingerprint density at radius 1 is 0.292 bits per heavy atom. The van der Waals surface area contributed by atoms with Crippen LogP contribution in [0.1, 0.15) is 389 Å². The second-order valence-electron chi connectivity index (χ2n) is 29.2. The lowest BCUT2D eigenvalue weighted by molar-refractivity contribution is -0.161. The van der Waals surface area contributed by atoms with Crippen molar-refractivity contribution >= 4 is 39.5 Å². The predicted molar refractivity (Wildman–Crippen MR) is 391 cm³/mol. The van der Waals surface area contributed by atoms with Crippen molar-refractivity contribution in [2.45, 2.75) is 408 Å². The number of ether oxygens (including phenoxy) is 4. The van der Waals surface area contributed by atoms with E-state index in [2.05, 4.69) is 55.4 Å². The lowest BCUT2D eigenvalue weighted by Gasteiger charge is -2.21. The zero-order valence-electron chi connectivity index (χ0n) is 63.0. The summed E-state index contributed by atoms with van der Waals surface area (Å²) in [5, 5.41) is 10.6. The van der Waals surface area contributed by atoms with Gasteiger partial charge < -0.3 is 33.8 Å². The van der Waals surface area contributed by atoms with E-state index >= 15 is 0 Å². The van der Waals surface area contributed by atoms with Crippen LogP contribution in [-0.4, -0.2) is 96.7 Å². The molecule has 0 aliphatic rings. The highest BCUT2D eigenvalue weighted by molar-refractivity contribution is 7.47. The molecular weight excluding hydrogens is 1260 g/mol. The van der Waals surface area contributed by atoms with Crippen LogP contribution in [0.25, 0.3) is 0 Å². The van der Waals surface area contributed by atoms with Gasteiger partial charge in [-0.1, -0.05) is 338 Å². The monoisotopic (exact) mass is 1410 g/mol. The third-order valence-electron chi connectivity index (χ3n) is 18.5. The summed E-state index contributed by atoms with van der Waals surface area (Å²) in [7, 11) is -9.92. The van der Waals surface area contributed by atoms with Crippen molar-refractivity contribution in [2.75, 3.05) is 39.6 Å². The molecule has 0 rings (SSSR count). The second-order valence-corrected chi connectivity index (χ2v) is 32.1. The van der Waals surface area contributed by atoms with E-state index in [9.17, 15) is 43.2 Å². The molecule has 0 aromatic rings. The van der Waals surface area contributed by atoms with Gasteiger partial charge in [-0.2, -0.15) is 0 Å². The Morgan fingerprint density at radius 2 is 0.500 bits per heavy atom. The van der Waals surface area contributed by atoms with Gasteiger partial charge in [0.05, 0.1) is 26.4 Å². The molecule has 0 heterocycles. The normalized spacial score (nSPS) is 14.7. The number of phosphoric ester groups is 2. The van der Waals surface area contributed by atoms with Gasteiger partial charge in [0.15, 0.2) is 12.2 Å². The molecular formula is C77H150O17P2. The molecule has 96 heavy (non-hydrogen) atoms. The Bertz CT molecular complexity index is 1890. The molecule has 570 valence electrons. The number of hydrogen-bond donors (Lipinski definition) is 3. The molecule has 0 saturated heterocycles. The standard InChI is InChI=1S/C77H150O17P2/c1-9-69(7)55-47-39-31-22-19-20-24-36-44-52-60-77(82)94-72(63-87-74(79)57-49-41-33-27-25-30-38-46-54-68(5)6)65-91-95(83,84)89-61-71(78)62-90-96(85,86)92-66-73(64-88-75(80)58-50-42-34-28-26-32-40-48-56-70(8)10-2)93-76(81)59-51-43-35-23-18-16-14-12-11-13-15-17-21-29-37-45-53-67(3)4/h67-73,78H,9-66H2,1-8H3,(H,83,84)(H,85,86)/t69?,70?,71?,72-,73-/m1/s1. The van der Waals surface area contributed by atoms with Crippen molar-refractivity contribution < 1.29 is 80.2 Å². The van der Waals surface area contributed by atoms with Gasteiger partial charge in [-0.15, -0.1) is 0 Å². The van der Waals surface area contributed by atoms with E-state index in [1.807, 2.05) is 0 Å². The number of carbonyl (C=O) groups excluding carboxylic acids is 4. The number of rotatable bonds is 74. The van der Waals surface area contributed by atoms with Crippen molar-refractivity contribution in [2.24, 2.45) is 23.7 Å². The van der Waals surface area contributed by atoms with Crippen LogP contribution in [0, 0.1) is 23.7 Å². The summed E-state index contributed by atoms with van der Waals surface area (Å²) in [4.78, 5) is 72.9. The SMILES string of the molecule is CCC(C)CCCCCCCCCCCCC(=O)O[C@H](COC(=O)CCCCCCCCCCC(C)C)COP(=O)(O)OCC(O)COP(=O)(O)OC[C@@H](COC(=O)CCCCCCCCCCC(C)CC)OC(=O)CCCCCCCCCCCCCCCCCCC(C)C. The van der Waals surface area contributed by atoms with Gasteiger partial charge in [-0.25, -0.2) is 9.13 Å². The minimum Gasteiger partial charge on any atom is -0.462 e. The van der Waals surface area contributed by atoms with Crippen LogP contribution in [0.15, 0.2) is 0 Å². The van der Waals surface area contributed by atoms with Gasteiger partial charge in [-0.3, -0.25) is 37.3 Å². The summed E-state index contributed by atoms with van der Waals surface area (Å²) in [5.74, 6) is 0.996. The Kier molecular flexibility index (Phi) is 65.0. The van der Waals surface area contributed by atoms with E-state index in [0.717, 1.165) is 114 Å². The van der Waals surface area contributed by atoms with E-state index < -0.39 is 97.5 Å². The van der Waals surface area contributed by atoms with Gasteiger partial charge in [-0.05, 0) is 49.4 Å². The highest BCUT2D eigenvalue weighted by Crippen LogP contribution is 2.45. The van der Waals surface area contributed by atoms with E-state index in [1.54, 1.807) is 0 Å². The number of esters is 4. The first-order valence-corrected chi connectivity index (χ1v) is 42.8. The number of hydrogen-bond acceptors (Lipinski definition) is 15. The topological polar surface area (TPSA) is 237 Å². The molecule has 0 amide bonds. The van der Waals surface area contributed by atoms with Crippen LogP contribution in [0.4, 0.5) is 0 Å². The molecule has 0 fully saturated rings. The molecule has 5 unspecified atom stereocenters. The van der Waals surface area contributed by atoms with Gasteiger partial charge in [0, 0.05) is 25.7 Å². The molecule has 3 N–H and O–H groups in total. The molecule has 17 nitrogen and oxygen atoms in total. The minimum absolute atomic E-state index is 0.105. The first kappa shape index (κ1) is 94.1. The largest absolute Gasteiger partial charge is 0.472 e. The molecule has 7 atom stereocenters. The fourth-order valence-electron chi connectivity index (χ4n) is 11.7. The van der Waals surface area contributed by atoms with Gasteiger partial charge in [0.2, 0.25) is 0 Å². The van der Waals surface area contributed by atoms with Crippen LogP contribution in [-0.2, 0) is 65.4 Å². The lowest BCUT2D eigenvalue weighted by Crippen LogP contribution is -2.30. The Morgan fingerprint density at radius 3 is 0.740 bits per heavy atom. The summed E-state index contributed by atoms with van der Waals surface area (Å²) < 4.78 is 68.6. The fraction of sp³-hybridized carbons (Fsp3) is 0.948. The Balaban J connectivity index is 5.25. The van der Waals surface area contributed by atoms with Crippen LogP contribution in [0.2, 0.25) is 0 Å². The number of aliphatic hydroxyl groups is 1. The van der Waals surface area contributed by atoms with Crippen molar-refractivity contribution in [3.63, 3.8) is 0 Å². The number of carbonyl (C=O) groups is 4. The first-order valence-electron chi connectivity index (χ1n) is 39.8. The second kappa shape index (κ2) is 66.3. The van der Waals surface area contributed by atoms with Gasteiger partial charge in [0.1, 0.15) is 19.3 Å². The number of phosphoric acid groups is 2. The number of unbranched alkanes of at least 4 members (excludes halogenated alkanes) is 38. The average molecular weight is 1410 g/mol. The van der Waals surface area contributed by atoms with Crippen LogP contribution in [0.3, 0.4) is 0 Å². The van der Waals surface area contributed by atoms with Gasteiger partial charge >= 0.3 is 39.5 Å². The Hall–Kier alpha value is -1.94. The molecule has 0 aromatic heterocycles. The van der Waals surface area contributed by atoms with Crippen molar-refractivity contribution in [1.82, 2.24) is 0 Å². The molecule has 0 saturated carbocycles. The highest BCUT2D eigenvalue weighted by Gasteiger charge is 2.30. The summed E-state index contributed by atoms with van der Waals surface area (Å²) in [5.41, 5.74) is 0. The zero-order valence-corrected chi connectivity index (χ0v) is 64.8. The molecule has 0 bridgehead atoms. The van der Waals surface area contributed by atoms with Crippen molar-refractivity contribution in [3.8, 4) is 0 Å². The van der Waals surface area contributed by atoms with E-state index in [1.165, 1.54) is 193 Å². The maximum absolute atomic E-state index is 13.1. The maximum Gasteiger partial charge on any atom is 0.472 e. The van der Waals surface area contributed by atoms with Crippen LogP contribution in [0.5, 0.6) is 0 Å². The molecule has 0 spiro atoms. The van der Waals surface area contributed by atoms with Crippen LogP contribution < -0.4 is 0 Å².